The van der Waals surface area contributed by atoms with Crippen LogP contribution in [0.4, 0.5) is 31.1 Å². The zero-order chi connectivity index (χ0) is 12.3. The minimum absolute atomic E-state index is 0.435. The van der Waals surface area contributed by atoms with Crippen molar-refractivity contribution in [2.45, 2.75) is 25.4 Å². The molecule has 0 bridgehead atoms. The summed E-state index contributed by atoms with van der Waals surface area (Å²) in [6.07, 6.45) is -12.7. The summed E-state index contributed by atoms with van der Waals surface area (Å²) in [5.41, 5.74) is 0. The van der Waals surface area contributed by atoms with Gasteiger partial charge in [0.05, 0.1) is 6.61 Å². The van der Waals surface area contributed by atoms with Crippen LogP contribution in [0, 0.1) is 0 Å². The smallest absolute Gasteiger partial charge is 0.435 e. The molecule has 15 heavy (non-hydrogen) atoms. The second kappa shape index (κ2) is 4.58. The Labute approximate surface area is 79.9 Å². The largest absolute Gasteiger partial charge is 0.511 e. The number of hydrogen-bond acceptors (Lipinski definition) is 3. The molecule has 0 N–H and O–H groups in total. The molecule has 1 unspecified atom stereocenters. The average Bonchev–Trinajstić information content (AvgIpc) is 2.01. The number of alkyl halides is 6. The van der Waals surface area contributed by atoms with Gasteiger partial charge in [-0.05, 0) is 6.92 Å². The zero-order valence-electron chi connectivity index (χ0n) is 7.28. The third kappa shape index (κ3) is 3.17. The second-order valence-corrected chi connectivity index (χ2v) is 2.23. The van der Waals surface area contributed by atoms with Crippen LogP contribution in [-0.4, -0.2) is 31.2 Å². The third-order valence-corrected chi connectivity index (χ3v) is 1.16. The van der Waals surface area contributed by atoms with E-state index in [1.54, 1.807) is 0 Å². The highest BCUT2D eigenvalue weighted by atomic mass is 19.4. The average molecular weight is 240 g/mol. The topological polar surface area (TPSA) is 35.5 Å². The molecular weight excluding hydrogens is 234 g/mol. The molecule has 9 heteroatoms. The lowest BCUT2D eigenvalue weighted by Gasteiger charge is -2.25. The van der Waals surface area contributed by atoms with Gasteiger partial charge in [0.15, 0.2) is 0 Å². The maximum Gasteiger partial charge on any atom is 0.511 e. The molecule has 3 nitrogen and oxygen atoms in total. The number of hydrogen-bond donors (Lipinski definition) is 0. The van der Waals surface area contributed by atoms with E-state index in [9.17, 15) is 31.1 Å². The predicted octanol–water partition coefficient (Wildman–Crippen LogP) is 2.65. The van der Waals surface area contributed by atoms with Crippen molar-refractivity contribution in [1.29, 1.82) is 0 Å². The maximum atomic E-state index is 12.6. The van der Waals surface area contributed by atoms with E-state index < -0.39 is 31.2 Å². The van der Waals surface area contributed by atoms with E-state index >= 15 is 0 Å². The van der Waals surface area contributed by atoms with Gasteiger partial charge in [0.25, 0.3) is 0 Å². The number of ether oxygens (including phenoxy) is 2. The molecule has 0 aliphatic heterocycles. The van der Waals surface area contributed by atoms with E-state index in [4.69, 9.17) is 0 Å². The van der Waals surface area contributed by atoms with Crippen molar-refractivity contribution in [3.8, 4) is 0 Å². The number of carbonyl (C=O) groups excluding carboxylic acids is 1. The lowest BCUT2D eigenvalue weighted by Crippen LogP contribution is -2.51. The first-order valence-electron chi connectivity index (χ1n) is 3.54. The van der Waals surface area contributed by atoms with Crippen LogP contribution in [-0.2, 0) is 9.47 Å². The van der Waals surface area contributed by atoms with Crippen LogP contribution >= 0.6 is 0 Å². The lowest BCUT2D eigenvalue weighted by atomic mass is 10.3. The van der Waals surface area contributed by atoms with E-state index in [0.29, 0.717) is 0 Å². The summed E-state index contributed by atoms with van der Waals surface area (Å²) in [7, 11) is 0. The predicted molar refractivity (Wildman–Crippen MR) is 34.0 cm³/mol. The summed E-state index contributed by atoms with van der Waals surface area (Å²) in [5.74, 6) is -5.35. The van der Waals surface area contributed by atoms with Crippen LogP contribution in [0.5, 0.6) is 0 Å². The van der Waals surface area contributed by atoms with Gasteiger partial charge in [0.1, 0.15) is 0 Å². The van der Waals surface area contributed by atoms with Crippen molar-refractivity contribution < 1.29 is 40.6 Å². The van der Waals surface area contributed by atoms with Crippen LogP contribution in [0.15, 0.2) is 0 Å². The third-order valence-electron chi connectivity index (χ3n) is 1.16. The van der Waals surface area contributed by atoms with Crippen molar-refractivity contribution in [2.24, 2.45) is 0 Å². The van der Waals surface area contributed by atoms with Crippen LogP contribution < -0.4 is 0 Å². The van der Waals surface area contributed by atoms with Crippen LogP contribution in [0.25, 0.3) is 0 Å². The first kappa shape index (κ1) is 13.8. The van der Waals surface area contributed by atoms with Crippen LogP contribution in [0.2, 0.25) is 0 Å². The van der Waals surface area contributed by atoms with Crippen molar-refractivity contribution in [3.63, 3.8) is 0 Å². The van der Waals surface area contributed by atoms with Crippen molar-refractivity contribution in [2.75, 3.05) is 6.61 Å². The Balaban J connectivity index is 4.76. The Hall–Kier alpha value is -1.15. The Bertz CT molecular complexity index is 227. The van der Waals surface area contributed by atoms with Crippen molar-refractivity contribution in [1.82, 2.24) is 0 Å². The quantitative estimate of drug-likeness (QED) is 0.562. The summed E-state index contributed by atoms with van der Waals surface area (Å²) in [4.78, 5) is 10.3. The molecule has 0 radical (unpaired) electrons. The molecule has 0 aliphatic carbocycles. The zero-order valence-corrected chi connectivity index (χ0v) is 7.28. The second-order valence-electron chi connectivity index (χ2n) is 2.23. The minimum atomic E-state index is -6.03. The first-order valence-corrected chi connectivity index (χ1v) is 3.54. The van der Waals surface area contributed by atoms with Gasteiger partial charge < -0.3 is 9.47 Å². The first-order chi connectivity index (χ1) is 6.65. The number of carbonyl (C=O) groups is 1. The van der Waals surface area contributed by atoms with E-state index in [1.807, 2.05) is 0 Å². The molecule has 0 aromatic rings. The molecule has 0 fully saturated rings. The molecule has 0 aliphatic rings. The molecule has 0 amide bonds. The highest BCUT2D eigenvalue weighted by Crippen LogP contribution is 2.40. The van der Waals surface area contributed by atoms with E-state index in [1.165, 1.54) is 6.92 Å². The molecule has 0 aromatic heterocycles. The van der Waals surface area contributed by atoms with Gasteiger partial charge in [0, 0.05) is 0 Å². The molecule has 90 valence electrons. The highest BCUT2D eigenvalue weighted by molar-refractivity contribution is 5.60. The molecule has 0 spiro atoms. The standard InChI is InChI=1S/C6H6F6O3/c1-2-14-4(13)15-5(9,3(7)8)6(10,11)12/h3H,2H2,1H3. The van der Waals surface area contributed by atoms with Crippen molar-refractivity contribution in [3.05, 3.63) is 0 Å². The molecule has 0 rings (SSSR count). The van der Waals surface area contributed by atoms with Crippen LogP contribution in [0.1, 0.15) is 6.92 Å². The van der Waals surface area contributed by atoms with Crippen molar-refractivity contribution >= 4 is 6.16 Å². The van der Waals surface area contributed by atoms with Gasteiger partial charge in [-0.2, -0.15) is 17.6 Å². The SMILES string of the molecule is CCOC(=O)OC(F)(C(F)F)C(F)(F)F. The van der Waals surface area contributed by atoms with E-state index in [2.05, 4.69) is 9.47 Å². The fraction of sp³-hybridized carbons (Fsp3) is 0.833. The normalized spacial score (nSPS) is 16.0. The highest BCUT2D eigenvalue weighted by Gasteiger charge is 2.67. The Morgan fingerprint density at radius 2 is 1.73 bits per heavy atom. The molecule has 0 heterocycles. The summed E-state index contributed by atoms with van der Waals surface area (Å²) in [6, 6.07) is 0. The molecule has 0 aromatic carbocycles. The lowest BCUT2D eigenvalue weighted by molar-refractivity contribution is -0.353. The molecule has 0 saturated heterocycles. The summed E-state index contributed by atoms with van der Waals surface area (Å²) < 4.78 is 78.1. The fourth-order valence-electron chi connectivity index (χ4n) is 0.495. The summed E-state index contributed by atoms with van der Waals surface area (Å²) >= 11 is 0. The van der Waals surface area contributed by atoms with Crippen LogP contribution in [0.3, 0.4) is 0 Å². The minimum Gasteiger partial charge on any atom is -0.435 e. The monoisotopic (exact) mass is 240 g/mol. The number of halogens is 6. The van der Waals surface area contributed by atoms with E-state index in [0.717, 1.165) is 0 Å². The van der Waals surface area contributed by atoms with E-state index in [-0.39, 0.29) is 0 Å². The van der Waals surface area contributed by atoms with Gasteiger partial charge in [-0.15, -0.1) is 0 Å². The molecular formula is C6H6F6O3. The molecule has 1 atom stereocenters. The van der Waals surface area contributed by atoms with Gasteiger partial charge in [-0.25, -0.2) is 13.6 Å². The Kier molecular flexibility index (Phi) is 4.23. The summed E-state index contributed by atoms with van der Waals surface area (Å²) in [5, 5.41) is 0. The van der Waals surface area contributed by atoms with Gasteiger partial charge in [-0.3, -0.25) is 0 Å². The molecule has 0 saturated carbocycles. The maximum absolute atomic E-state index is 12.6. The number of rotatable bonds is 3. The van der Waals surface area contributed by atoms with Gasteiger partial charge >= 0.3 is 24.6 Å². The van der Waals surface area contributed by atoms with Gasteiger partial charge in [0.2, 0.25) is 0 Å². The fourth-order valence-corrected chi connectivity index (χ4v) is 0.495. The Morgan fingerprint density at radius 1 is 1.27 bits per heavy atom. The Morgan fingerprint density at radius 3 is 2.00 bits per heavy atom. The summed E-state index contributed by atoms with van der Waals surface area (Å²) in [6.45, 7) is 0.743. The van der Waals surface area contributed by atoms with Gasteiger partial charge in [-0.1, -0.05) is 0 Å².